The molecule has 0 saturated heterocycles. The molecule has 4 aromatic carbocycles. The van der Waals surface area contributed by atoms with Crippen molar-refractivity contribution in [3.63, 3.8) is 0 Å². The second-order valence-corrected chi connectivity index (χ2v) is 11.3. The molecule has 155 valence electrons. The van der Waals surface area contributed by atoms with Crippen molar-refractivity contribution in [1.29, 1.82) is 0 Å². The summed E-state index contributed by atoms with van der Waals surface area (Å²) in [6.07, 6.45) is 2.41. The second kappa shape index (κ2) is 13.1. The van der Waals surface area contributed by atoms with E-state index < -0.39 is 0 Å². The number of halogens is 1. The van der Waals surface area contributed by atoms with E-state index in [-0.39, 0.29) is 45.0 Å². The van der Waals surface area contributed by atoms with Crippen molar-refractivity contribution in [3.05, 3.63) is 121 Å². The molecule has 0 fully saturated rings. The van der Waals surface area contributed by atoms with Gasteiger partial charge in [-0.2, -0.15) is 0 Å². The SMILES string of the molecule is Cl.[Co].c1ccc(P(CCP(c2ccccc2)c2ccccc2)c2ccccc2)cc1. The van der Waals surface area contributed by atoms with Crippen molar-refractivity contribution in [3.8, 4) is 0 Å². The molecule has 0 atom stereocenters. The van der Waals surface area contributed by atoms with Gasteiger partial charge in [0.15, 0.2) is 0 Å². The predicted octanol–water partition coefficient (Wildman–Crippen LogP) is 5.67. The van der Waals surface area contributed by atoms with Crippen molar-refractivity contribution >= 4 is 49.5 Å². The Balaban J connectivity index is 0.00000160. The van der Waals surface area contributed by atoms with E-state index in [2.05, 4.69) is 121 Å². The maximum atomic E-state index is 2.30. The molecule has 30 heavy (non-hydrogen) atoms. The Kier molecular flexibility index (Phi) is 10.8. The summed E-state index contributed by atoms with van der Waals surface area (Å²) in [6.45, 7) is 0. The first-order valence-corrected chi connectivity index (χ1v) is 12.7. The zero-order valence-electron chi connectivity index (χ0n) is 16.6. The van der Waals surface area contributed by atoms with Gasteiger partial charge in [0, 0.05) is 16.8 Å². The van der Waals surface area contributed by atoms with Crippen molar-refractivity contribution in [1.82, 2.24) is 0 Å². The normalized spacial score (nSPS) is 10.3. The Morgan fingerprint density at radius 2 is 0.567 bits per heavy atom. The van der Waals surface area contributed by atoms with Crippen LogP contribution in [0.25, 0.3) is 0 Å². The largest absolute Gasteiger partial charge is 0.147 e. The quantitative estimate of drug-likeness (QED) is 0.291. The minimum absolute atomic E-state index is 0. The van der Waals surface area contributed by atoms with Crippen molar-refractivity contribution in [2.75, 3.05) is 12.3 Å². The van der Waals surface area contributed by atoms with Crippen LogP contribution < -0.4 is 21.2 Å². The van der Waals surface area contributed by atoms with Crippen LogP contribution >= 0.6 is 28.3 Å². The zero-order valence-corrected chi connectivity index (χ0v) is 20.2. The Hall–Kier alpha value is -1.46. The summed E-state index contributed by atoms with van der Waals surface area (Å²) >= 11 is 0. The van der Waals surface area contributed by atoms with Crippen molar-refractivity contribution < 1.29 is 16.8 Å². The van der Waals surface area contributed by atoms with Gasteiger partial charge in [-0.25, -0.2) is 0 Å². The third-order valence-corrected chi connectivity index (χ3v) is 10.2. The third-order valence-electron chi connectivity index (χ3n) is 4.82. The fraction of sp³-hybridized carbons (Fsp3) is 0.0769. The molecule has 0 bridgehead atoms. The smallest absolute Gasteiger partial charge is 0 e. The predicted molar refractivity (Wildman–Crippen MR) is 135 cm³/mol. The molecule has 0 heterocycles. The summed E-state index contributed by atoms with van der Waals surface area (Å²) in [5, 5.41) is 5.89. The van der Waals surface area contributed by atoms with E-state index in [4.69, 9.17) is 0 Å². The van der Waals surface area contributed by atoms with Crippen LogP contribution in [-0.4, -0.2) is 12.3 Å². The van der Waals surface area contributed by atoms with Gasteiger partial charge in [-0.05, 0) is 49.4 Å². The Labute approximate surface area is 199 Å². The molecule has 0 spiro atoms. The fourth-order valence-corrected chi connectivity index (χ4v) is 8.80. The molecule has 4 rings (SSSR count). The summed E-state index contributed by atoms with van der Waals surface area (Å²) in [4.78, 5) is 0. The third kappa shape index (κ3) is 6.52. The first-order chi connectivity index (χ1) is 13.9. The Morgan fingerprint density at radius 1 is 0.367 bits per heavy atom. The van der Waals surface area contributed by atoms with E-state index in [9.17, 15) is 0 Å². The van der Waals surface area contributed by atoms with Gasteiger partial charge in [-0.15, -0.1) is 12.4 Å². The van der Waals surface area contributed by atoms with Crippen LogP contribution in [0, 0.1) is 0 Å². The molecule has 0 saturated carbocycles. The number of hydrogen-bond acceptors (Lipinski definition) is 0. The van der Waals surface area contributed by atoms with E-state index in [1.807, 2.05) is 0 Å². The van der Waals surface area contributed by atoms with Gasteiger partial charge in [0.25, 0.3) is 0 Å². The van der Waals surface area contributed by atoms with E-state index in [0.29, 0.717) is 0 Å². The average Bonchev–Trinajstić information content (AvgIpc) is 2.79. The van der Waals surface area contributed by atoms with E-state index in [0.717, 1.165) is 0 Å². The molecule has 1 radical (unpaired) electrons. The van der Waals surface area contributed by atoms with Gasteiger partial charge < -0.3 is 0 Å². The molecule has 0 aliphatic carbocycles. The molecular formula is C26H25ClCoP2. The molecule has 0 unspecified atom stereocenters. The van der Waals surface area contributed by atoms with E-state index >= 15 is 0 Å². The van der Waals surface area contributed by atoms with Crippen LogP contribution in [0.4, 0.5) is 0 Å². The summed E-state index contributed by atoms with van der Waals surface area (Å²) in [7, 11) is -0.696. The minimum atomic E-state index is -0.348. The molecular weight excluding hydrogens is 469 g/mol. The van der Waals surface area contributed by atoms with Gasteiger partial charge >= 0.3 is 0 Å². The zero-order chi connectivity index (χ0) is 19.0. The second-order valence-electron chi connectivity index (χ2n) is 6.65. The number of rotatable bonds is 7. The first kappa shape index (κ1) is 24.8. The summed E-state index contributed by atoms with van der Waals surface area (Å²) < 4.78 is 0. The van der Waals surface area contributed by atoms with Crippen LogP contribution in [-0.2, 0) is 16.8 Å². The van der Waals surface area contributed by atoms with Gasteiger partial charge in [0.2, 0.25) is 0 Å². The van der Waals surface area contributed by atoms with Crippen LogP contribution in [0.15, 0.2) is 121 Å². The van der Waals surface area contributed by atoms with Gasteiger partial charge in [-0.3, -0.25) is 0 Å². The van der Waals surface area contributed by atoms with E-state index in [1.54, 1.807) is 0 Å². The Morgan fingerprint density at radius 3 is 0.767 bits per heavy atom. The Bertz CT molecular complexity index is 805. The maximum Gasteiger partial charge on any atom is 0 e. The molecule has 0 nitrogen and oxygen atoms in total. The maximum absolute atomic E-state index is 2.30. The fourth-order valence-electron chi connectivity index (χ4n) is 3.45. The van der Waals surface area contributed by atoms with Crippen LogP contribution in [0.1, 0.15) is 0 Å². The van der Waals surface area contributed by atoms with Gasteiger partial charge in [0.1, 0.15) is 0 Å². The molecule has 0 amide bonds. The monoisotopic (exact) mass is 493 g/mol. The van der Waals surface area contributed by atoms with E-state index in [1.165, 1.54) is 33.5 Å². The first-order valence-electron chi connectivity index (χ1n) is 9.67. The van der Waals surface area contributed by atoms with Crippen molar-refractivity contribution in [2.24, 2.45) is 0 Å². The number of hydrogen-bond donors (Lipinski definition) is 0. The van der Waals surface area contributed by atoms with Crippen LogP contribution in [0.2, 0.25) is 0 Å². The topological polar surface area (TPSA) is 0 Å². The number of benzene rings is 4. The van der Waals surface area contributed by atoms with Crippen LogP contribution in [0.5, 0.6) is 0 Å². The van der Waals surface area contributed by atoms with Crippen LogP contribution in [0.3, 0.4) is 0 Å². The molecule has 0 aliphatic heterocycles. The molecule has 0 aromatic heterocycles. The summed E-state index contributed by atoms with van der Waals surface area (Å²) in [5.74, 6) is 0. The molecule has 0 N–H and O–H groups in total. The minimum Gasteiger partial charge on any atom is -0.147 e. The average molecular weight is 494 g/mol. The summed E-state index contributed by atoms with van der Waals surface area (Å²) in [6, 6.07) is 44.2. The van der Waals surface area contributed by atoms with Crippen molar-refractivity contribution in [2.45, 2.75) is 0 Å². The van der Waals surface area contributed by atoms with Gasteiger partial charge in [0.05, 0.1) is 0 Å². The molecule has 0 aliphatic rings. The molecule has 4 aromatic rings. The standard InChI is InChI=1S/C26H24P2.ClH.Co/c1-5-13-23(14-6-1)27(24-15-7-2-8-16-24)21-22-28(25-17-9-3-10-18-25)26-19-11-4-12-20-26;;/h1-20H,21-22H2;1H;. The van der Waals surface area contributed by atoms with Gasteiger partial charge in [-0.1, -0.05) is 121 Å². The summed E-state index contributed by atoms with van der Waals surface area (Å²) in [5.41, 5.74) is 0. The molecule has 4 heteroatoms.